The molecule has 0 aliphatic heterocycles. The van der Waals surface area contributed by atoms with Crippen molar-refractivity contribution in [2.45, 2.75) is 19.5 Å². The van der Waals surface area contributed by atoms with Crippen molar-refractivity contribution in [1.82, 2.24) is 5.32 Å². The van der Waals surface area contributed by atoms with E-state index in [1.807, 2.05) is 18.2 Å². The van der Waals surface area contributed by atoms with Gasteiger partial charge in [0.15, 0.2) is 0 Å². The molecule has 0 heterocycles. The number of benzene rings is 5. The summed E-state index contributed by atoms with van der Waals surface area (Å²) in [6.07, 6.45) is 0. The minimum Gasteiger partial charge on any atom is -0.478 e. The van der Waals surface area contributed by atoms with Crippen LogP contribution in [0.25, 0.3) is 32.7 Å². The van der Waals surface area contributed by atoms with E-state index in [-0.39, 0.29) is 18.4 Å². The Labute approximate surface area is 205 Å². The first-order valence-corrected chi connectivity index (χ1v) is 11.2. The van der Waals surface area contributed by atoms with Gasteiger partial charge in [-0.3, -0.25) is 0 Å². The molecule has 0 aliphatic rings. The number of hydrogen-bond donors (Lipinski definition) is 2. The van der Waals surface area contributed by atoms with E-state index >= 15 is 0 Å². The normalized spacial score (nSPS) is 11.8. The lowest BCUT2D eigenvalue weighted by Crippen LogP contribution is -2.18. The summed E-state index contributed by atoms with van der Waals surface area (Å²) < 4.78 is 0. The Morgan fingerprint density at radius 2 is 1.44 bits per heavy atom. The number of halogens is 1. The van der Waals surface area contributed by atoms with Crippen molar-refractivity contribution in [3.63, 3.8) is 0 Å². The highest BCUT2D eigenvalue weighted by Crippen LogP contribution is 2.31. The summed E-state index contributed by atoms with van der Waals surface area (Å²) in [5, 5.41) is 17.8. The van der Waals surface area contributed by atoms with Gasteiger partial charge in [-0.15, -0.1) is 12.4 Å². The first-order chi connectivity index (χ1) is 16.1. The maximum atomic E-state index is 11.3. The zero-order valence-corrected chi connectivity index (χ0v) is 19.7. The summed E-state index contributed by atoms with van der Waals surface area (Å²) in [6.45, 7) is 2.93. The molecule has 0 spiro atoms. The molecule has 5 aromatic rings. The molecular formula is C30H26ClNO2. The third-order valence-corrected chi connectivity index (χ3v) is 6.27. The van der Waals surface area contributed by atoms with Crippen molar-refractivity contribution in [2.75, 3.05) is 0 Å². The van der Waals surface area contributed by atoms with Crippen LogP contribution in [0.4, 0.5) is 0 Å². The summed E-state index contributed by atoms with van der Waals surface area (Å²) >= 11 is 0. The Kier molecular flexibility index (Phi) is 6.97. The van der Waals surface area contributed by atoms with Crippen molar-refractivity contribution in [2.24, 2.45) is 0 Å². The van der Waals surface area contributed by atoms with Crippen LogP contribution in [0.3, 0.4) is 0 Å². The van der Waals surface area contributed by atoms with Crippen LogP contribution in [-0.4, -0.2) is 11.1 Å². The lowest BCUT2D eigenvalue weighted by atomic mass is 9.94. The van der Waals surface area contributed by atoms with E-state index < -0.39 is 5.97 Å². The lowest BCUT2D eigenvalue weighted by Gasteiger charge is -2.18. The van der Waals surface area contributed by atoms with Crippen LogP contribution in [0.5, 0.6) is 0 Å². The standard InChI is InChI=1S/C30H25NO2.ClH/c1-20(26-12-6-9-22-7-2-4-10-27(22)26)31-19-21-17-25-8-3-5-11-28(25)29(18-21)23-13-15-24(16-14-23)30(32)33;/h2-18,20,31H,19H2,1H3,(H,32,33);1H. The molecule has 0 saturated carbocycles. The maximum Gasteiger partial charge on any atom is 0.335 e. The van der Waals surface area contributed by atoms with Crippen LogP contribution in [0.15, 0.2) is 103 Å². The number of nitrogens with one attached hydrogen (secondary N) is 1. The van der Waals surface area contributed by atoms with Crippen molar-refractivity contribution in [1.29, 1.82) is 0 Å². The SMILES string of the molecule is CC(NCc1cc(-c2ccc(C(=O)O)cc2)c2ccccc2c1)c1cccc2ccccc12.Cl. The maximum absolute atomic E-state index is 11.3. The molecule has 170 valence electrons. The molecular weight excluding hydrogens is 442 g/mol. The number of carbonyl (C=O) groups is 1. The van der Waals surface area contributed by atoms with Crippen molar-refractivity contribution in [3.8, 4) is 11.1 Å². The molecule has 0 fully saturated rings. The summed E-state index contributed by atoms with van der Waals surface area (Å²) in [7, 11) is 0. The fraction of sp³-hybridized carbons (Fsp3) is 0.100. The Hall–Kier alpha value is -3.66. The molecule has 5 aromatic carbocycles. The van der Waals surface area contributed by atoms with Gasteiger partial charge in [0.2, 0.25) is 0 Å². The molecule has 0 radical (unpaired) electrons. The van der Waals surface area contributed by atoms with Crippen LogP contribution >= 0.6 is 12.4 Å². The van der Waals surface area contributed by atoms with E-state index in [1.54, 1.807) is 12.1 Å². The van der Waals surface area contributed by atoms with Gasteiger partial charge >= 0.3 is 5.97 Å². The van der Waals surface area contributed by atoms with Crippen LogP contribution in [-0.2, 0) is 6.54 Å². The van der Waals surface area contributed by atoms with E-state index in [1.165, 1.54) is 27.3 Å². The molecule has 2 N–H and O–H groups in total. The monoisotopic (exact) mass is 467 g/mol. The van der Waals surface area contributed by atoms with Gasteiger partial charge in [-0.1, -0.05) is 78.9 Å². The zero-order valence-electron chi connectivity index (χ0n) is 18.9. The van der Waals surface area contributed by atoms with Gasteiger partial charge in [0.05, 0.1) is 5.56 Å². The molecule has 0 aromatic heterocycles. The second kappa shape index (κ2) is 10.1. The van der Waals surface area contributed by atoms with Crippen molar-refractivity contribution >= 4 is 39.9 Å². The summed E-state index contributed by atoms with van der Waals surface area (Å²) in [4.78, 5) is 11.3. The van der Waals surface area contributed by atoms with Gasteiger partial charge in [-0.2, -0.15) is 0 Å². The Balaban J connectivity index is 0.00000274. The number of fused-ring (bicyclic) bond motifs is 2. The van der Waals surface area contributed by atoms with E-state index in [0.29, 0.717) is 5.56 Å². The number of carboxylic acids is 1. The molecule has 0 bridgehead atoms. The van der Waals surface area contributed by atoms with Gasteiger partial charge in [-0.25, -0.2) is 4.79 Å². The molecule has 0 saturated heterocycles. The predicted molar refractivity (Wildman–Crippen MR) is 143 cm³/mol. The van der Waals surface area contributed by atoms with E-state index in [4.69, 9.17) is 0 Å². The van der Waals surface area contributed by atoms with Crippen molar-refractivity contribution in [3.05, 3.63) is 120 Å². The fourth-order valence-corrected chi connectivity index (χ4v) is 4.51. The van der Waals surface area contributed by atoms with Crippen LogP contribution in [0.2, 0.25) is 0 Å². The molecule has 1 unspecified atom stereocenters. The smallest absolute Gasteiger partial charge is 0.335 e. The number of carboxylic acid groups (broad SMARTS) is 1. The predicted octanol–water partition coefficient (Wildman–Crippen LogP) is 7.63. The quantitative estimate of drug-likeness (QED) is 0.270. The Bertz CT molecular complexity index is 1460. The van der Waals surface area contributed by atoms with E-state index in [9.17, 15) is 9.90 Å². The summed E-state index contributed by atoms with van der Waals surface area (Å²) in [5.74, 6) is -0.910. The lowest BCUT2D eigenvalue weighted by molar-refractivity contribution is 0.0697. The Morgan fingerprint density at radius 1 is 0.794 bits per heavy atom. The average molecular weight is 468 g/mol. The van der Waals surface area contributed by atoms with Gasteiger partial charge < -0.3 is 10.4 Å². The van der Waals surface area contributed by atoms with E-state index in [2.05, 4.69) is 85.0 Å². The van der Waals surface area contributed by atoms with Gasteiger partial charge in [0.1, 0.15) is 0 Å². The first-order valence-electron chi connectivity index (χ1n) is 11.2. The van der Waals surface area contributed by atoms with Crippen molar-refractivity contribution < 1.29 is 9.90 Å². The highest BCUT2D eigenvalue weighted by molar-refractivity contribution is 5.98. The molecule has 0 aliphatic carbocycles. The minimum absolute atomic E-state index is 0. The third-order valence-electron chi connectivity index (χ3n) is 6.27. The first kappa shape index (κ1) is 23.5. The number of aromatic carboxylic acids is 1. The van der Waals surface area contributed by atoms with Gasteiger partial charge in [0.25, 0.3) is 0 Å². The molecule has 5 rings (SSSR count). The molecule has 3 nitrogen and oxygen atoms in total. The van der Waals surface area contributed by atoms with Crippen LogP contribution in [0, 0.1) is 0 Å². The number of rotatable bonds is 6. The van der Waals surface area contributed by atoms with Crippen LogP contribution in [0.1, 0.15) is 34.5 Å². The molecule has 0 amide bonds. The summed E-state index contributed by atoms with van der Waals surface area (Å²) in [6, 6.07) is 35.0. The van der Waals surface area contributed by atoms with E-state index in [0.717, 1.165) is 23.1 Å². The third kappa shape index (κ3) is 4.67. The number of hydrogen-bond acceptors (Lipinski definition) is 2. The molecule has 34 heavy (non-hydrogen) atoms. The van der Waals surface area contributed by atoms with Gasteiger partial charge in [-0.05, 0) is 75.0 Å². The summed E-state index contributed by atoms with van der Waals surface area (Å²) in [5.41, 5.74) is 4.90. The highest BCUT2D eigenvalue weighted by atomic mass is 35.5. The zero-order chi connectivity index (χ0) is 22.8. The Morgan fingerprint density at radius 3 is 2.18 bits per heavy atom. The fourth-order valence-electron chi connectivity index (χ4n) is 4.51. The second-order valence-electron chi connectivity index (χ2n) is 8.42. The topological polar surface area (TPSA) is 49.3 Å². The highest BCUT2D eigenvalue weighted by Gasteiger charge is 2.11. The molecule has 4 heteroatoms. The molecule has 1 atom stereocenters. The van der Waals surface area contributed by atoms with Crippen LogP contribution < -0.4 is 5.32 Å². The minimum atomic E-state index is -0.910. The average Bonchev–Trinajstić information content (AvgIpc) is 2.86. The second-order valence-corrected chi connectivity index (χ2v) is 8.42. The van der Waals surface area contributed by atoms with Gasteiger partial charge in [0, 0.05) is 12.6 Å². The largest absolute Gasteiger partial charge is 0.478 e.